The highest BCUT2D eigenvalue weighted by molar-refractivity contribution is 6.00. The Morgan fingerprint density at radius 3 is 2.52 bits per heavy atom. The molecule has 7 nitrogen and oxygen atoms in total. The number of anilines is 1. The first-order chi connectivity index (χ1) is 13.0. The van der Waals surface area contributed by atoms with Gasteiger partial charge < -0.3 is 20.6 Å². The van der Waals surface area contributed by atoms with Gasteiger partial charge >= 0.3 is 0 Å². The number of nitrogen functional groups attached to an aromatic ring is 1. The van der Waals surface area contributed by atoms with Crippen molar-refractivity contribution in [1.82, 2.24) is 14.8 Å². The Bertz CT molecular complexity index is 714. The highest BCUT2D eigenvalue weighted by Gasteiger charge is 2.53. The summed E-state index contributed by atoms with van der Waals surface area (Å²) in [6.45, 7) is 1.36. The fourth-order valence-corrected chi connectivity index (χ4v) is 5.08. The summed E-state index contributed by atoms with van der Waals surface area (Å²) in [4.78, 5) is 34.5. The van der Waals surface area contributed by atoms with Crippen LogP contribution in [0.25, 0.3) is 0 Å². The molecule has 1 atom stereocenters. The van der Waals surface area contributed by atoms with Gasteiger partial charge in [0.25, 0.3) is 5.91 Å². The van der Waals surface area contributed by atoms with Gasteiger partial charge in [-0.15, -0.1) is 0 Å². The van der Waals surface area contributed by atoms with Crippen LogP contribution in [-0.4, -0.2) is 62.5 Å². The van der Waals surface area contributed by atoms with E-state index in [0.717, 1.165) is 57.9 Å². The highest BCUT2D eigenvalue weighted by atomic mass is 16.3. The normalized spacial score (nSPS) is 31.5. The third kappa shape index (κ3) is 3.18. The van der Waals surface area contributed by atoms with Crippen LogP contribution in [0.3, 0.4) is 0 Å². The number of rotatable bonds is 2. The zero-order chi connectivity index (χ0) is 19.0. The zero-order valence-corrected chi connectivity index (χ0v) is 15.6. The number of aromatic nitrogens is 1. The summed E-state index contributed by atoms with van der Waals surface area (Å²) in [5.41, 5.74) is 5.40. The van der Waals surface area contributed by atoms with Gasteiger partial charge in [0.15, 0.2) is 0 Å². The number of hydrogen-bond donors (Lipinski definition) is 2. The van der Waals surface area contributed by atoms with Crippen LogP contribution in [0, 0.1) is 0 Å². The van der Waals surface area contributed by atoms with Gasteiger partial charge in [0.1, 0.15) is 11.4 Å². The molecule has 3 aliphatic rings. The standard InChI is InChI=1S/C20H28N4O3/c21-17-8-3-14(13-22-17)18(26)24-12-2-10-20(24)9-1-11-23(19(20)27)15-4-6-16(25)7-5-15/h3,8,13,15-16,25H,1-2,4-7,9-12H2,(H2,21,22). The summed E-state index contributed by atoms with van der Waals surface area (Å²) in [5.74, 6) is 0.348. The topological polar surface area (TPSA) is 99.8 Å². The second-order valence-corrected chi connectivity index (χ2v) is 8.13. The molecule has 3 heterocycles. The number of piperidine rings is 1. The van der Waals surface area contributed by atoms with E-state index in [1.165, 1.54) is 6.20 Å². The Labute approximate surface area is 159 Å². The number of carbonyl (C=O) groups excluding carboxylic acids is 2. The molecule has 4 rings (SSSR count). The Kier molecular flexibility index (Phi) is 4.80. The Morgan fingerprint density at radius 1 is 1.15 bits per heavy atom. The van der Waals surface area contributed by atoms with Crippen molar-refractivity contribution >= 4 is 17.6 Å². The lowest BCUT2D eigenvalue weighted by molar-refractivity contribution is -0.149. The van der Waals surface area contributed by atoms with Gasteiger partial charge in [0.05, 0.1) is 11.7 Å². The first-order valence-corrected chi connectivity index (χ1v) is 10.0. The highest BCUT2D eigenvalue weighted by Crippen LogP contribution is 2.41. The molecule has 2 saturated heterocycles. The molecule has 0 radical (unpaired) electrons. The summed E-state index contributed by atoms with van der Waals surface area (Å²) in [6.07, 6.45) is 7.67. The van der Waals surface area contributed by atoms with E-state index in [2.05, 4.69) is 4.98 Å². The molecule has 0 aromatic carbocycles. The van der Waals surface area contributed by atoms with Crippen LogP contribution in [0.15, 0.2) is 18.3 Å². The van der Waals surface area contributed by atoms with Crippen LogP contribution in [0.5, 0.6) is 0 Å². The summed E-state index contributed by atoms with van der Waals surface area (Å²) in [5, 5.41) is 9.79. The molecule has 1 spiro atoms. The molecule has 1 aromatic heterocycles. The van der Waals surface area contributed by atoms with Crippen molar-refractivity contribution in [3.05, 3.63) is 23.9 Å². The largest absolute Gasteiger partial charge is 0.393 e. The number of likely N-dealkylation sites (tertiary alicyclic amines) is 2. The van der Waals surface area contributed by atoms with E-state index in [9.17, 15) is 14.7 Å². The minimum absolute atomic E-state index is 0.101. The van der Waals surface area contributed by atoms with Crippen LogP contribution in [0.4, 0.5) is 5.82 Å². The van der Waals surface area contributed by atoms with E-state index < -0.39 is 5.54 Å². The van der Waals surface area contributed by atoms with Gasteiger partial charge in [0, 0.05) is 25.3 Å². The smallest absolute Gasteiger partial charge is 0.256 e. The third-order valence-corrected chi connectivity index (χ3v) is 6.52. The molecule has 146 valence electrons. The molecule has 3 fully saturated rings. The van der Waals surface area contributed by atoms with Gasteiger partial charge in [-0.3, -0.25) is 9.59 Å². The zero-order valence-electron chi connectivity index (χ0n) is 15.6. The quantitative estimate of drug-likeness (QED) is 0.821. The maximum Gasteiger partial charge on any atom is 0.256 e. The lowest BCUT2D eigenvalue weighted by Gasteiger charge is -2.48. The fourth-order valence-electron chi connectivity index (χ4n) is 5.08. The van der Waals surface area contributed by atoms with Crippen molar-refractivity contribution in [2.45, 2.75) is 69.1 Å². The third-order valence-electron chi connectivity index (χ3n) is 6.52. The number of nitrogens with two attached hydrogens (primary N) is 1. The van der Waals surface area contributed by atoms with Crippen LogP contribution in [0.2, 0.25) is 0 Å². The molecule has 3 N–H and O–H groups in total. The molecule has 27 heavy (non-hydrogen) atoms. The van der Waals surface area contributed by atoms with Crippen LogP contribution < -0.4 is 5.73 Å². The Balaban J connectivity index is 1.57. The van der Waals surface area contributed by atoms with E-state index in [0.29, 0.717) is 17.9 Å². The minimum Gasteiger partial charge on any atom is -0.393 e. The maximum absolute atomic E-state index is 13.6. The first kappa shape index (κ1) is 18.2. The summed E-state index contributed by atoms with van der Waals surface area (Å²) in [6, 6.07) is 3.50. The van der Waals surface area contributed by atoms with Crippen LogP contribution >= 0.6 is 0 Å². The average Bonchev–Trinajstić information content (AvgIpc) is 3.09. The number of amides is 2. The average molecular weight is 372 g/mol. The van der Waals surface area contributed by atoms with Gasteiger partial charge in [-0.25, -0.2) is 4.98 Å². The molecule has 1 aliphatic carbocycles. The van der Waals surface area contributed by atoms with Crippen LogP contribution in [0.1, 0.15) is 61.7 Å². The number of carbonyl (C=O) groups is 2. The number of aliphatic hydroxyl groups excluding tert-OH is 1. The number of hydrogen-bond acceptors (Lipinski definition) is 5. The van der Waals surface area contributed by atoms with Crippen LogP contribution in [-0.2, 0) is 4.79 Å². The molecule has 1 aromatic rings. The van der Waals surface area contributed by atoms with E-state index in [1.807, 2.05) is 4.90 Å². The lowest BCUT2D eigenvalue weighted by atomic mass is 9.82. The predicted octanol–water partition coefficient (Wildman–Crippen LogP) is 1.56. The lowest BCUT2D eigenvalue weighted by Crippen LogP contribution is -2.63. The van der Waals surface area contributed by atoms with Crippen molar-refractivity contribution in [3.63, 3.8) is 0 Å². The number of pyridine rings is 1. The molecular formula is C20H28N4O3. The summed E-state index contributed by atoms with van der Waals surface area (Å²) < 4.78 is 0. The number of aliphatic hydroxyl groups is 1. The number of nitrogens with zero attached hydrogens (tertiary/aromatic N) is 3. The molecule has 1 saturated carbocycles. The second kappa shape index (κ2) is 7.11. The van der Waals surface area contributed by atoms with Crippen molar-refractivity contribution in [1.29, 1.82) is 0 Å². The fraction of sp³-hybridized carbons (Fsp3) is 0.650. The van der Waals surface area contributed by atoms with Gasteiger partial charge in [-0.1, -0.05) is 0 Å². The first-order valence-electron chi connectivity index (χ1n) is 10.0. The molecule has 2 amide bonds. The molecule has 2 aliphatic heterocycles. The van der Waals surface area contributed by atoms with Crippen molar-refractivity contribution in [2.75, 3.05) is 18.8 Å². The van der Waals surface area contributed by atoms with E-state index in [1.54, 1.807) is 17.0 Å². The molecular weight excluding hydrogens is 344 g/mol. The van der Waals surface area contributed by atoms with Crippen molar-refractivity contribution < 1.29 is 14.7 Å². The molecule has 0 bridgehead atoms. The maximum atomic E-state index is 13.6. The molecule has 7 heteroatoms. The Morgan fingerprint density at radius 2 is 1.85 bits per heavy atom. The second-order valence-electron chi connectivity index (χ2n) is 8.13. The van der Waals surface area contributed by atoms with E-state index in [4.69, 9.17) is 5.73 Å². The minimum atomic E-state index is -0.715. The SMILES string of the molecule is Nc1ccc(C(=O)N2CCCC23CCCN(C2CCC(O)CC2)C3=O)cn1. The van der Waals surface area contributed by atoms with E-state index in [-0.39, 0.29) is 24.0 Å². The Hall–Kier alpha value is -2.15. The van der Waals surface area contributed by atoms with Crippen molar-refractivity contribution in [3.8, 4) is 0 Å². The van der Waals surface area contributed by atoms with E-state index >= 15 is 0 Å². The molecule has 1 unspecified atom stereocenters. The van der Waals surface area contributed by atoms with Gasteiger partial charge in [-0.05, 0) is 63.5 Å². The monoisotopic (exact) mass is 372 g/mol. The summed E-state index contributed by atoms with van der Waals surface area (Å²) >= 11 is 0. The summed E-state index contributed by atoms with van der Waals surface area (Å²) in [7, 11) is 0. The van der Waals surface area contributed by atoms with Gasteiger partial charge in [-0.2, -0.15) is 0 Å². The predicted molar refractivity (Wildman–Crippen MR) is 101 cm³/mol. The van der Waals surface area contributed by atoms with Gasteiger partial charge in [0.2, 0.25) is 5.91 Å². The van der Waals surface area contributed by atoms with Crippen molar-refractivity contribution in [2.24, 2.45) is 0 Å².